The number of carbonyl (C=O) groups is 1. The van der Waals surface area contributed by atoms with E-state index in [1.807, 2.05) is 42.9 Å². The zero-order chi connectivity index (χ0) is 18.7. The third-order valence-electron chi connectivity index (χ3n) is 4.63. The average molecular weight is 374 g/mol. The number of hydrogen-bond acceptors (Lipinski definition) is 3. The van der Waals surface area contributed by atoms with Gasteiger partial charge in [-0.05, 0) is 31.5 Å². The predicted molar refractivity (Wildman–Crippen MR) is 97.9 cm³/mol. The van der Waals surface area contributed by atoms with Gasteiger partial charge in [-0.1, -0.05) is 17.7 Å². The highest BCUT2D eigenvalue weighted by Crippen LogP contribution is 2.18. The molecule has 26 heavy (non-hydrogen) atoms. The number of amides is 1. The van der Waals surface area contributed by atoms with Crippen LogP contribution in [-0.4, -0.2) is 49.7 Å². The average Bonchev–Trinajstić information content (AvgIpc) is 2.64. The molecule has 1 aromatic heterocycles. The Morgan fingerprint density at radius 3 is 2.04 bits per heavy atom. The Labute approximate surface area is 154 Å². The second kappa shape index (κ2) is 7.55. The van der Waals surface area contributed by atoms with Crippen LogP contribution >= 0.6 is 0 Å². The lowest BCUT2D eigenvalue weighted by atomic mass is 10.2. The van der Waals surface area contributed by atoms with Crippen LogP contribution in [0.15, 0.2) is 53.7 Å². The van der Waals surface area contributed by atoms with Crippen molar-refractivity contribution in [1.29, 1.82) is 0 Å². The molecule has 1 fully saturated rings. The van der Waals surface area contributed by atoms with Crippen LogP contribution in [0, 0.1) is 13.8 Å². The van der Waals surface area contributed by atoms with Crippen molar-refractivity contribution < 1.29 is 17.8 Å². The number of benzene rings is 1. The van der Waals surface area contributed by atoms with E-state index in [0.29, 0.717) is 31.1 Å². The molecule has 138 valence electrons. The minimum atomic E-state index is -3.50. The molecular formula is C19H24N3O3S+. The van der Waals surface area contributed by atoms with Crippen LogP contribution in [-0.2, 0) is 21.4 Å². The lowest BCUT2D eigenvalue weighted by Gasteiger charge is -2.33. The molecule has 0 radical (unpaired) electrons. The summed E-state index contributed by atoms with van der Waals surface area (Å²) in [4.78, 5) is 14.5. The minimum Gasteiger partial charge on any atom is -0.335 e. The second-order valence-corrected chi connectivity index (χ2v) is 8.58. The maximum absolute atomic E-state index is 12.7. The zero-order valence-electron chi connectivity index (χ0n) is 15.1. The zero-order valence-corrected chi connectivity index (χ0v) is 15.9. The van der Waals surface area contributed by atoms with Gasteiger partial charge < -0.3 is 4.90 Å². The van der Waals surface area contributed by atoms with E-state index in [9.17, 15) is 13.2 Å². The summed E-state index contributed by atoms with van der Waals surface area (Å²) in [6.07, 6.45) is 3.76. The highest BCUT2D eigenvalue weighted by molar-refractivity contribution is 7.89. The lowest BCUT2D eigenvalue weighted by molar-refractivity contribution is -0.685. The van der Waals surface area contributed by atoms with Crippen molar-refractivity contribution in [3.8, 4) is 0 Å². The largest absolute Gasteiger partial charge is 0.335 e. The molecule has 3 rings (SSSR count). The molecule has 1 saturated heterocycles. The van der Waals surface area contributed by atoms with Crippen LogP contribution in [0.4, 0.5) is 0 Å². The van der Waals surface area contributed by atoms with E-state index in [1.54, 1.807) is 29.2 Å². The molecule has 0 spiro atoms. The molecular weight excluding hydrogens is 350 g/mol. The van der Waals surface area contributed by atoms with Gasteiger partial charge in [0.05, 0.1) is 4.90 Å². The standard InChI is InChI=1S/C19H24N3O3S/c1-16-3-5-18(6-4-16)26(24,25)22-13-11-21(12-14-22)19(23)15-20-9-7-17(2)8-10-20/h3-10H,11-15H2,1-2H3/q+1. The number of sulfonamides is 1. The van der Waals surface area contributed by atoms with E-state index in [1.165, 1.54) is 4.31 Å². The van der Waals surface area contributed by atoms with Crippen LogP contribution in [0.3, 0.4) is 0 Å². The van der Waals surface area contributed by atoms with Gasteiger partial charge in [-0.3, -0.25) is 4.79 Å². The van der Waals surface area contributed by atoms with Crippen LogP contribution in [0.2, 0.25) is 0 Å². The molecule has 1 aliphatic heterocycles. The van der Waals surface area contributed by atoms with Gasteiger partial charge in [0.15, 0.2) is 12.4 Å². The molecule has 1 amide bonds. The summed E-state index contributed by atoms with van der Waals surface area (Å²) in [5.74, 6) is 0.00577. The summed E-state index contributed by atoms with van der Waals surface area (Å²) < 4.78 is 28.7. The molecule has 0 unspecified atom stereocenters. The van der Waals surface area contributed by atoms with E-state index < -0.39 is 10.0 Å². The fourth-order valence-corrected chi connectivity index (χ4v) is 4.35. The summed E-state index contributed by atoms with van der Waals surface area (Å²) in [6, 6.07) is 10.8. The Kier molecular flexibility index (Phi) is 5.38. The Bertz CT molecular complexity index is 869. The quantitative estimate of drug-likeness (QED) is 0.754. The van der Waals surface area contributed by atoms with Gasteiger partial charge in [0.1, 0.15) is 0 Å². The number of aromatic nitrogens is 1. The van der Waals surface area contributed by atoms with Gasteiger partial charge in [-0.25, -0.2) is 8.42 Å². The van der Waals surface area contributed by atoms with Gasteiger partial charge in [0.2, 0.25) is 16.6 Å². The lowest BCUT2D eigenvalue weighted by Crippen LogP contribution is -2.53. The molecule has 2 aromatic rings. The third-order valence-corrected chi connectivity index (χ3v) is 6.54. The predicted octanol–water partition coefficient (Wildman–Crippen LogP) is 1.12. The molecule has 0 bridgehead atoms. The number of aryl methyl sites for hydroxylation is 2. The molecule has 0 saturated carbocycles. The first-order valence-corrected chi connectivity index (χ1v) is 10.1. The second-order valence-electron chi connectivity index (χ2n) is 6.65. The van der Waals surface area contributed by atoms with E-state index in [4.69, 9.17) is 0 Å². The van der Waals surface area contributed by atoms with Crippen molar-refractivity contribution in [3.63, 3.8) is 0 Å². The topological polar surface area (TPSA) is 61.6 Å². The summed E-state index contributed by atoms with van der Waals surface area (Å²) in [5.41, 5.74) is 2.16. The first-order chi connectivity index (χ1) is 12.4. The number of carbonyl (C=O) groups excluding carboxylic acids is 1. The number of piperazine rings is 1. The summed E-state index contributed by atoms with van der Waals surface area (Å²) >= 11 is 0. The fraction of sp³-hybridized carbons (Fsp3) is 0.368. The van der Waals surface area contributed by atoms with Crippen molar-refractivity contribution in [2.75, 3.05) is 26.2 Å². The van der Waals surface area contributed by atoms with Crippen LogP contribution in [0.25, 0.3) is 0 Å². The number of hydrogen-bond donors (Lipinski definition) is 0. The molecule has 0 aliphatic carbocycles. The molecule has 2 heterocycles. The number of rotatable bonds is 4. The van der Waals surface area contributed by atoms with Crippen LogP contribution in [0.5, 0.6) is 0 Å². The van der Waals surface area contributed by atoms with Gasteiger partial charge in [0, 0.05) is 38.3 Å². The smallest absolute Gasteiger partial charge is 0.288 e. The highest BCUT2D eigenvalue weighted by atomic mass is 32.2. The molecule has 6 nitrogen and oxygen atoms in total. The van der Waals surface area contributed by atoms with E-state index in [0.717, 1.165) is 11.1 Å². The van der Waals surface area contributed by atoms with Gasteiger partial charge in [-0.15, -0.1) is 0 Å². The van der Waals surface area contributed by atoms with Gasteiger partial charge in [0.25, 0.3) is 5.91 Å². The summed E-state index contributed by atoms with van der Waals surface area (Å²) in [5, 5.41) is 0. The van der Waals surface area contributed by atoms with Crippen molar-refractivity contribution in [1.82, 2.24) is 9.21 Å². The van der Waals surface area contributed by atoms with E-state index in [2.05, 4.69) is 0 Å². The van der Waals surface area contributed by atoms with Crippen molar-refractivity contribution in [3.05, 3.63) is 59.9 Å². The number of nitrogens with zero attached hydrogens (tertiary/aromatic N) is 3. The summed E-state index contributed by atoms with van der Waals surface area (Å²) in [6.45, 7) is 5.66. The van der Waals surface area contributed by atoms with Crippen LogP contribution in [0.1, 0.15) is 11.1 Å². The van der Waals surface area contributed by atoms with E-state index in [-0.39, 0.29) is 12.5 Å². The minimum absolute atomic E-state index is 0.00577. The monoisotopic (exact) mass is 374 g/mol. The molecule has 1 aliphatic rings. The van der Waals surface area contributed by atoms with Crippen LogP contribution < -0.4 is 4.57 Å². The molecule has 1 aromatic carbocycles. The first-order valence-electron chi connectivity index (χ1n) is 8.66. The Morgan fingerprint density at radius 2 is 1.46 bits per heavy atom. The van der Waals surface area contributed by atoms with Gasteiger partial charge >= 0.3 is 0 Å². The van der Waals surface area contributed by atoms with Crippen molar-refractivity contribution >= 4 is 15.9 Å². The molecule has 0 N–H and O–H groups in total. The molecule has 7 heteroatoms. The third kappa shape index (κ3) is 4.11. The Hall–Kier alpha value is -2.25. The summed E-state index contributed by atoms with van der Waals surface area (Å²) in [7, 11) is -3.50. The normalized spacial score (nSPS) is 15.8. The SMILES string of the molecule is Cc1ccc(S(=O)(=O)N2CCN(C(=O)C[n+]3ccc(C)cc3)CC2)cc1. The molecule has 0 atom stereocenters. The Balaban J connectivity index is 1.60. The fourth-order valence-electron chi connectivity index (χ4n) is 2.93. The Morgan fingerprint density at radius 1 is 0.923 bits per heavy atom. The first kappa shape index (κ1) is 18.5. The maximum Gasteiger partial charge on any atom is 0.288 e. The van der Waals surface area contributed by atoms with Crippen molar-refractivity contribution in [2.24, 2.45) is 0 Å². The van der Waals surface area contributed by atoms with E-state index >= 15 is 0 Å². The highest BCUT2D eigenvalue weighted by Gasteiger charge is 2.30. The number of pyridine rings is 1. The van der Waals surface area contributed by atoms with Gasteiger partial charge in [-0.2, -0.15) is 8.87 Å². The van der Waals surface area contributed by atoms with Crippen molar-refractivity contribution in [2.45, 2.75) is 25.3 Å². The maximum atomic E-state index is 12.7.